The lowest BCUT2D eigenvalue weighted by Crippen LogP contribution is -1.87. The Morgan fingerprint density at radius 1 is 1.18 bits per heavy atom. The Kier molecular flexibility index (Phi) is 2.73. The van der Waals surface area contributed by atoms with Gasteiger partial charge in [-0.15, -0.1) is 25.3 Å². The highest BCUT2D eigenvalue weighted by molar-refractivity contribution is 7.81. The smallest absolute Gasteiger partial charge is 0.145 e. The predicted octanol–water partition coefficient (Wildman–Crippen LogP) is 2.58. The number of hydrogen-bond acceptors (Lipinski definition) is 3. The van der Waals surface area contributed by atoms with E-state index in [0.717, 1.165) is 21.1 Å². The van der Waals surface area contributed by atoms with Gasteiger partial charge in [0.1, 0.15) is 5.75 Å². The van der Waals surface area contributed by atoms with Gasteiger partial charge in [0.15, 0.2) is 0 Å². The van der Waals surface area contributed by atoms with Crippen molar-refractivity contribution in [3.05, 3.63) is 17.7 Å². The van der Waals surface area contributed by atoms with Gasteiger partial charge in [-0.25, -0.2) is 0 Å². The highest BCUT2D eigenvalue weighted by atomic mass is 32.1. The normalized spacial score (nSPS) is 9.82. The van der Waals surface area contributed by atoms with Gasteiger partial charge in [0, 0.05) is 9.79 Å². The summed E-state index contributed by atoms with van der Waals surface area (Å²) in [6.45, 7) is 2.00. The molecule has 0 aromatic heterocycles. The summed E-state index contributed by atoms with van der Waals surface area (Å²) in [5.41, 5.74) is 1.14. The highest BCUT2D eigenvalue weighted by Crippen LogP contribution is 2.30. The predicted molar refractivity (Wildman–Crippen MR) is 52.2 cm³/mol. The molecule has 11 heavy (non-hydrogen) atoms. The Hall–Kier alpha value is -0.280. The van der Waals surface area contributed by atoms with E-state index in [2.05, 4.69) is 25.3 Å². The molecule has 0 saturated carbocycles. The van der Waals surface area contributed by atoms with E-state index in [1.807, 2.05) is 19.1 Å². The van der Waals surface area contributed by atoms with Crippen LogP contribution in [0.3, 0.4) is 0 Å². The Morgan fingerprint density at radius 2 is 1.64 bits per heavy atom. The molecule has 0 N–H and O–H groups in total. The standard InChI is InChI=1S/C8H10OS2/c1-5-3-6(10)8(9-2)7(11)4-5/h3-4,10-11H,1-2H3. The Labute approximate surface area is 77.6 Å². The molecule has 1 rings (SSSR count). The van der Waals surface area contributed by atoms with Gasteiger partial charge in [0.2, 0.25) is 0 Å². The van der Waals surface area contributed by atoms with Crippen molar-refractivity contribution in [2.45, 2.75) is 16.7 Å². The number of methoxy groups -OCH3 is 1. The molecule has 0 fully saturated rings. The average Bonchev–Trinajstić information content (AvgIpc) is 1.85. The van der Waals surface area contributed by atoms with Crippen LogP contribution in [0.4, 0.5) is 0 Å². The van der Waals surface area contributed by atoms with E-state index < -0.39 is 0 Å². The van der Waals surface area contributed by atoms with Crippen LogP contribution in [-0.4, -0.2) is 7.11 Å². The van der Waals surface area contributed by atoms with Crippen molar-refractivity contribution in [1.82, 2.24) is 0 Å². The van der Waals surface area contributed by atoms with Gasteiger partial charge in [-0.1, -0.05) is 0 Å². The summed E-state index contributed by atoms with van der Waals surface area (Å²) in [6.07, 6.45) is 0. The topological polar surface area (TPSA) is 9.23 Å². The summed E-state index contributed by atoms with van der Waals surface area (Å²) in [6, 6.07) is 3.89. The maximum Gasteiger partial charge on any atom is 0.145 e. The minimum Gasteiger partial charge on any atom is -0.494 e. The van der Waals surface area contributed by atoms with Crippen LogP contribution in [0, 0.1) is 6.92 Å². The van der Waals surface area contributed by atoms with Crippen LogP contribution in [0.1, 0.15) is 5.56 Å². The molecule has 0 aliphatic rings. The van der Waals surface area contributed by atoms with Gasteiger partial charge in [-0.05, 0) is 24.6 Å². The highest BCUT2D eigenvalue weighted by Gasteiger charge is 2.03. The van der Waals surface area contributed by atoms with Crippen molar-refractivity contribution < 1.29 is 4.74 Å². The summed E-state index contributed by atoms with van der Waals surface area (Å²) < 4.78 is 5.08. The third kappa shape index (κ3) is 1.84. The molecule has 0 bridgehead atoms. The summed E-state index contributed by atoms with van der Waals surface area (Å²) in [5.74, 6) is 0.738. The first-order valence-electron chi connectivity index (χ1n) is 3.21. The lowest BCUT2D eigenvalue weighted by atomic mass is 10.2. The fourth-order valence-corrected chi connectivity index (χ4v) is 1.86. The quantitative estimate of drug-likeness (QED) is 0.641. The van der Waals surface area contributed by atoms with Gasteiger partial charge >= 0.3 is 0 Å². The molecule has 0 radical (unpaired) electrons. The Balaban J connectivity index is 3.25. The van der Waals surface area contributed by atoms with Crippen molar-refractivity contribution in [1.29, 1.82) is 0 Å². The molecule has 1 aromatic rings. The fourth-order valence-electron chi connectivity index (χ4n) is 0.944. The molecule has 0 spiro atoms. The Morgan fingerprint density at radius 3 is 2.00 bits per heavy atom. The maximum atomic E-state index is 5.08. The second kappa shape index (κ2) is 3.41. The SMILES string of the molecule is COc1c(S)cc(C)cc1S. The fraction of sp³-hybridized carbons (Fsp3) is 0.250. The number of hydrogen-bond donors (Lipinski definition) is 2. The molecule has 0 aliphatic carbocycles. The van der Waals surface area contributed by atoms with Crippen LogP contribution in [0.5, 0.6) is 5.75 Å². The number of ether oxygens (including phenoxy) is 1. The molecule has 0 aliphatic heterocycles. The molecule has 0 unspecified atom stereocenters. The van der Waals surface area contributed by atoms with Crippen molar-refractivity contribution in [2.75, 3.05) is 7.11 Å². The van der Waals surface area contributed by atoms with Crippen molar-refractivity contribution in [2.24, 2.45) is 0 Å². The molecule has 0 amide bonds. The van der Waals surface area contributed by atoms with Crippen molar-refractivity contribution >= 4 is 25.3 Å². The van der Waals surface area contributed by atoms with Gasteiger partial charge in [0.25, 0.3) is 0 Å². The van der Waals surface area contributed by atoms with Crippen molar-refractivity contribution in [3.8, 4) is 5.75 Å². The van der Waals surface area contributed by atoms with Crippen LogP contribution in [0.2, 0.25) is 0 Å². The molecular weight excluding hydrogens is 176 g/mol. The van der Waals surface area contributed by atoms with Crippen LogP contribution in [-0.2, 0) is 0 Å². The second-order valence-corrected chi connectivity index (χ2v) is 3.30. The summed E-state index contributed by atoms with van der Waals surface area (Å²) in [4.78, 5) is 1.66. The van der Waals surface area contributed by atoms with Crippen LogP contribution < -0.4 is 4.74 Å². The van der Waals surface area contributed by atoms with E-state index in [-0.39, 0.29) is 0 Å². The lowest BCUT2D eigenvalue weighted by Gasteiger charge is -2.07. The molecular formula is C8H10OS2. The number of thiol groups is 2. The minimum absolute atomic E-state index is 0.738. The van der Waals surface area contributed by atoms with Gasteiger partial charge in [0.05, 0.1) is 7.11 Å². The number of aryl methyl sites for hydroxylation is 1. The zero-order chi connectivity index (χ0) is 8.43. The van der Waals surface area contributed by atoms with Gasteiger partial charge in [-0.3, -0.25) is 0 Å². The molecule has 3 heteroatoms. The largest absolute Gasteiger partial charge is 0.494 e. The van der Waals surface area contributed by atoms with E-state index in [1.54, 1.807) is 7.11 Å². The molecule has 1 aromatic carbocycles. The third-order valence-electron chi connectivity index (χ3n) is 1.40. The van der Waals surface area contributed by atoms with E-state index in [4.69, 9.17) is 4.74 Å². The molecule has 0 saturated heterocycles. The average molecular weight is 186 g/mol. The third-order valence-corrected chi connectivity index (χ3v) is 2.06. The van der Waals surface area contributed by atoms with Crippen LogP contribution in [0.25, 0.3) is 0 Å². The first-order valence-corrected chi connectivity index (χ1v) is 4.11. The van der Waals surface area contributed by atoms with Crippen LogP contribution >= 0.6 is 25.3 Å². The zero-order valence-corrected chi connectivity index (χ0v) is 8.25. The molecule has 1 nitrogen and oxygen atoms in total. The van der Waals surface area contributed by atoms with Crippen molar-refractivity contribution in [3.63, 3.8) is 0 Å². The number of rotatable bonds is 1. The Bertz CT molecular complexity index is 248. The van der Waals surface area contributed by atoms with E-state index in [9.17, 15) is 0 Å². The maximum absolute atomic E-state index is 5.08. The van der Waals surface area contributed by atoms with Crippen LogP contribution in [0.15, 0.2) is 21.9 Å². The second-order valence-electron chi connectivity index (χ2n) is 2.34. The molecule has 0 atom stereocenters. The molecule has 0 heterocycles. The summed E-state index contributed by atoms with van der Waals surface area (Å²) >= 11 is 8.49. The van der Waals surface area contributed by atoms with E-state index in [0.29, 0.717) is 0 Å². The summed E-state index contributed by atoms with van der Waals surface area (Å²) in [5, 5.41) is 0. The molecule has 60 valence electrons. The lowest BCUT2D eigenvalue weighted by molar-refractivity contribution is 0.394. The zero-order valence-electron chi connectivity index (χ0n) is 6.46. The van der Waals surface area contributed by atoms with E-state index >= 15 is 0 Å². The van der Waals surface area contributed by atoms with Gasteiger partial charge in [-0.2, -0.15) is 0 Å². The monoisotopic (exact) mass is 186 g/mol. The minimum atomic E-state index is 0.738. The van der Waals surface area contributed by atoms with Gasteiger partial charge < -0.3 is 4.74 Å². The summed E-state index contributed by atoms with van der Waals surface area (Å²) in [7, 11) is 1.62. The number of benzene rings is 1. The first-order chi connectivity index (χ1) is 5.15. The first kappa shape index (κ1) is 8.81. The van der Waals surface area contributed by atoms with E-state index in [1.165, 1.54) is 0 Å².